The van der Waals surface area contributed by atoms with Crippen LogP contribution in [0.25, 0.3) is 0 Å². The lowest BCUT2D eigenvalue weighted by Crippen LogP contribution is -2.33. The van der Waals surface area contributed by atoms with Crippen molar-refractivity contribution in [2.45, 2.75) is 77.2 Å². The quantitative estimate of drug-likeness (QED) is 0.852. The van der Waals surface area contributed by atoms with E-state index in [0.717, 1.165) is 31.2 Å². The zero-order valence-corrected chi connectivity index (χ0v) is 13.0. The number of likely N-dealkylation sites (tertiary alicyclic amines) is 1. The molecular formula is C16H26N2S. The van der Waals surface area contributed by atoms with Crippen molar-refractivity contribution < 1.29 is 0 Å². The van der Waals surface area contributed by atoms with Crippen molar-refractivity contribution in [1.82, 2.24) is 10.2 Å². The van der Waals surface area contributed by atoms with E-state index in [9.17, 15) is 0 Å². The van der Waals surface area contributed by atoms with Crippen molar-refractivity contribution >= 4 is 11.3 Å². The first kappa shape index (κ1) is 13.6. The molecule has 2 unspecified atom stereocenters. The molecule has 3 heteroatoms. The minimum absolute atomic E-state index is 0.764. The summed E-state index contributed by atoms with van der Waals surface area (Å²) in [6.07, 6.45) is 6.81. The smallest absolute Gasteiger partial charge is 0.0333 e. The van der Waals surface area contributed by atoms with E-state index in [1.54, 1.807) is 4.88 Å². The molecule has 2 nitrogen and oxygen atoms in total. The number of thiophene rings is 1. The maximum Gasteiger partial charge on any atom is 0.0333 e. The maximum absolute atomic E-state index is 3.61. The van der Waals surface area contributed by atoms with Gasteiger partial charge in [0.25, 0.3) is 0 Å². The van der Waals surface area contributed by atoms with Crippen LogP contribution in [0.1, 0.15) is 55.7 Å². The van der Waals surface area contributed by atoms with Crippen molar-refractivity contribution in [1.29, 1.82) is 0 Å². The van der Waals surface area contributed by atoms with Gasteiger partial charge < -0.3 is 5.32 Å². The first-order valence-corrected chi connectivity index (χ1v) is 8.64. The lowest BCUT2D eigenvalue weighted by atomic mass is 10.1. The van der Waals surface area contributed by atoms with Gasteiger partial charge in [-0.1, -0.05) is 6.92 Å². The molecular weight excluding hydrogens is 252 g/mol. The van der Waals surface area contributed by atoms with Crippen LogP contribution in [-0.4, -0.2) is 23.0 Å². The molecule has 1 aromatic heterocycles. The zero-order valence-electron chi connectivity index (χ0n) is 12.2. The second-order valence-electron chi connectivity index (χ2n) is 6.18. The third kappa shape index (κ3) is 3.39. The molecule has 2 fully saturated rings. The average molecular weight is 278 g/mol. The van der Waals surface area contributed by atoms with Gasteiger partial charge in [0.15, 0.2) is 0 Å². The first-order valence-electron chi connectivity index (χ1n) is 7.83. The maximum atomic E-state index is 3.61. The summed E-state index contributed by atoms with van der Waals surface area (Å²) in [4.78, 5) is 5.76. The van der Waals surface area contributed by atoms with Crippen molar-refractivity contribution in [3.63, 3.8) is 0 Å². The van der Waals surface area contributed by atoms with E-state index in [4.69, 9.17) is 0 Å². The molecule has 1 aromatic rings. The summed E-state index contributed by atoms with van der Waals surface area (Å²) in [5.41, 5.74) is 0. The highest BCUT2D eigenvalue weighted by molar-refractivity contribution is 7.11. The highest BCUT2D eigenvalue weighted by Crippen LogP contribution is 2.30. The summed E-state index contributed by atoms with van der Waals surface area (Å²) in [6.45, 7) is 6.95. The first-order chi connectivity index (χ1) is 9.26. The van der Waals surface area contributed by atoms with Crippen LogP contribution in [0.2, 0.25) is 0 Å². The third-order valence-corrected chi connectivity index (χ3v) is 5.69. The van der Waals surface area contributed by atoms with E-state index in [1.807, 2.05) is 11.3 Å². The van der Waals surface area contributed by atoms with Crippen molar-refractivity contribution in [2.24, 2.45) is 0 Å². The van der Waals surface area contributed by atoms with E-state index in [-0.39, 0.29) is 0 Å². The van der Waals surface area contributed by atoms with Gasteiger partial charge in [-0.3, -0.25) is 4.90 Å². The Morgan fingerprint density at radius 2 is 2.00 bits per heavy atom. The molecule has 0 bridgehead atoms. The fraction of sp³-hybridized carbons (Fsp3) is 0.750. The van der Waals surface area contributed by atoms with Crippen molar-refractivity contribution in [2.75, 3.05) is 0 Å². The Hall–Kier alpha value is -0.380. The molecule has 1 N–H and O–H groups in total. The topological polar surface area (TPSA) is 15.3 Å². The van der Waals surface area contributed by atoms with E-state index >= 15 is 0 Å². The fourth-order valence-electron chi connectivity index (χ4n) is 3.16. The summed E-state index contributed by atoms with van der Waals surface area (Å²) in [6, 6.07) is 7.04. The molecule has 106 valence electrons. The Morgan fingerprint density at radius 3 is 2.74 bits per heavy atom. The van der Waals surface area contributed by atoms with Crippen LogP contribution in [0.5, 0.6) is 0 Å². The zero-order chi connectivity index (χ0) is 13.2. The van der Waals surface area contributed by atoms with Crippen molar-refractivity contribution in [3.05, 3.63) is 21.9 Å². The predicted octanol–water partition coefficient (Wildman–Crippen LogP) is 3.76. The molecule has 1 saturated carbocycles. The highest BCUT2D eigenvalue weighted by Gasteiger charge is 2.29. The molecule has 1 aliphatic carbocycles. The van der Waals surface area contributed by atoms with Crippen LogP contribution in [0.15, 0.2) is 12.1 Å². The Balaban J connectivity index is 1.56. The van der Waals surface area contributed by atoms with Crippen LogP contribution < -0.4 is 5.32 Å². The molecule has 1 aliphatic heterocycles. The third-order valence-electron chi connectivity index (χ3n) is 4.62. The number of nitrogens with one attached hydrogen (secondary N) is 1. The van der Waals surface area contributed by atoms with Crippen LogP contribution in [0.4, 0.5) is 0 Å². The molecule has 1 saturated heterocycles. The van der Waals surface area contributed by atoms with E-state index in [0.29, 0.717) is 0 Å². The Kier molecular flexibility index (Phi) is 4.25. The predicted molar refractivity (Wildman–Crippen MR) is 82.5 cm³/mol. The number of hydrogen-bond donors (Lipinski definition) is 1. The lowest BCUT2D eigenvalue weighted by Gasteiger charge is -2.27. The fourth-order valence-corrected chi connectivity index (χ4v) is 4.14. The van der Waals surface area contributed by atoms with Gasteiger partial charge in [0.05, 0.1) is 0 Å². The van der Waals surface area contributed by atoms with Crippen LogP contribution in [-0.2, 0) is 13.1 Å². The molecule has 19 heavy (non-hydrogen) atoms. The summed E-state index contributed by atoms with van der Waals surface area (Å²) >= 11 is 2.00. The molecule has 0 amide bonds. The van der Waals surface area contributed by atoms with E-state index < -0.39 is 0 Å². The number of nitrogens with zero attached hydrogens (tertiary/aromatic N) is 1. The average Bonchev–Trinajstić information content (AvgIpc) is 3.04. The second kappa shape index (κ2) is 5.94. The summed E-state index contributed by atoms with van der Waals surface area (Å²) in [7, 11) is 0. The normalized spacial score (nSPS) is 28.1. The molecule has 2 aliphatic rings. The highest BCUT2D eigenvalue weighted by atomic mass is 32.1. The van der Waals surface area contributed by atoms with Gasteiger partial charge in [0.1, 0.15) is 0 Å². The number of rotatable bonds is 6. The second-order valence-corrected chi connectivity index (χ2v) is 7.44. The lowest BCUT2D eigenvalue weighted by molar-refractivity contribution is 0.191. The standard InChI is InChI=1S/C16H26N2S/c1-3-14-7-4-12(2)18(14)11-16-9-8-15(19-16)10-17-13-5-6-13/h8-9,12-14,17H,3-7,10-11H2,1-2H3. The molecule has 0 spiro atoms. The summed E-state index contributed by atoms with van der Waals surface area (Å²) in [5, 5.41) is 3.61. The summed E-state index contributed by atoms with van der Waals surface area (Å²) in [5.74, 6) is 0. The number of hydrogen-bond acceptors (Lipinski definition) is 3. The van der Waals surface area contributed by atoms with Crippen LogP contribution >= 0.6 is 11.3 Å². The molecule has 0 radical (unpaired) electrons. The van der Waals surface area contributed by atoms with Crippen molar-refractivity contribution in [3.8, 4) is 0 Å². The van der Waals surface area contributed by atoms with Gasteiger partial charge in [0, 0.05) is 41.0 Å². The van der Waals surface area contributed by atoms with Gasteiger partial charge in [0.2, 0.25) is 0 Å². The molecule has 2 heterocycles. The molecule has 2 atom stereocenters. The molecule has 3 rings (SSSR count). The summed E-state index contributed by atoms with van der Waals surface area (Å²) < 4.78 is 0. The Morgan fingerprint density at radius 1 is 1.21 bits per heavy atom. The Bertz CT molecular complexity index is 411. The van der Waals surface area contributed by atoms with Gasteiger partial charge in [-0.15, -0.1) is 11.3 Å². The Labute approximate surface area is 121 Å². The van der Waals surface area contributed by atoms with Gasteiger partial charge in [-0.05, 0) is 51.2 Å². The van der Waals surface area contributed by atoms with Crippen LogP contribution in [0, 0.1) is 0 Å². The van der Waals surface area contributed by atoms with Crippen LogP contribution in [0.3, 0.4) is 0 Å². The van der Waals surface area contributed by atoms with Gasteiger partial charge in [-0.2, -0.15) is 0 Å². The SMILES string of the molecule is CCC1CCC(C)N1Cc1ccc(CNC2CC2)s1. The van der Waals surface area contributed by atoms with E-state index in [1.165, 1.54) is 37.0 Å². The minimum atomic E-state index is 0.764. The monoisotopic (exact) mass is 278 g/mol. The van der Waals surface area contributed by atoms with E-state index in [2.05, 4.69) is 36.2 Å². The minimum Gasteiger partial charge on any atom is -0.309 e. The molecule has 0 aromatic carbocycles. The largest absolute Gasteiger partial charge is 0.309 e. The van der Waals surface area contributed by atoms with Gasteiger partial charge >= 0.3 is 0 Å². The van der Waals surface area contributed by atoms with Gasteiger partial charge in [-0.25, -0.2) is 0 Å².